The summed E-state index contributed by atoms with van der Waals surface area (Å²) >= 11 is 2.98. The molecule has 0 aliphatic carbocycles. The molecule has 1 aliphatic rings. The standard InChI is InChI=1S/C16H14N4O3S2/c1-8(21)18-14-13(15-19-10-6-17-4-2-11(10)24-15)9-3-5-20(16(22)23)7-12(9)25-14/h2,4,6H,3,5,7H2,1H3,(H,18,21)(H,22,23). The van der Waals surface area contributed by atoms with Gasteiger partial charge in [-0.25, -0.2) is 9.78 Å². The van der Waals surface area contributed by atoms with E-state index in [0.29, 0.717) is 19.5 Å². The Morgan fingerprint density at radius 2 is 2.20 bits per heavy atom. The maximum atomic E-state index is 11.6. The summed E-state index contributed by atoms with van der Waals surface area (Å²) in [6, 6.07) is 1.92. The molecule has 0 bridgehead atoms. The van der Waals surface area contributed by atoms with Crippen molar-refractivity contribution >= 4 is 49.9 Å². The van der Waals surface area contributed by atoms with Gasteiger partial charge in [0.05, 0.1) is 17.4 Å². The number of carboxylic acid groups (broad SMARTS) is 1. The Kier molecular flexibility index (Phi) is 3.89. The van der Waals surface area contributed by atoms with Crippen molar-refractivity contribution in [1.82, 2.24) is 14.9 Å². The fraction of sp³-hybridized carbons (Fsp3) is 0.250. The van der Waals surface area contributed by atoms with E-state index < -0.39 is 6.09 Å². The third-order valence-corrected chi connectivity index (χ3v) is 6.21. The lowest BCUT2D eigenvalue weighted by molar-refractivity contribution is -0.114. The molecule has 3 aromatic rings. The molecule has 0 spiro atoms. The first-order chi connectivity index (χ1) is 12.0. The average molecular weight is 374 g/mol. The fourth-order valence-corrected chi connectivity index (χ4v) is 5.31. The van der Waals surface area contributed by atoms with Crippen molar-refractivity contribution < 1.29 is 14.7 Å². The van der Waals surface area contributed by atoms with E-state index in [2.05, 4.69) is 15.3 Å². The lowest BCUT2D eigenvalue weighted by Crippen LogP contribution is -2.34. The van der Waals surface area contributed by atoms with Gasteiger partial charge in [-0.2, -0.15) is 0 Å². The number of pyridine rings is 1. The monoisotopic (exact) mass is 374 g/mol. The molecule has 4 heterocycles. The second-order valence-corrected chi connectivity index (χ2v) is 7.84. The van der Waals surface area contributed by atoms with E-state index in [-0.39, 0.29) is 5.91 Å². The molecule has 2 N–H and O–H groups in total. The summed E-state index contributed by atoms with van der Waals surface area (Å²) in [6.45, 7) is 2.25. The Morgan fingerprint density at radius 3 is 2.92 bits per heavy atom. The van der Waals surface area contributed by atoms with Gasteiger partial charge < -0.3 is 15.3 Å². The number of thiazole rings is 1. The molecule has 25 heavy (non-hydrogen) atoms. The molecule has 7 nitrogen and oxygen atoms in total. The Morgan fingerprint density at radius 1 is 1.36 bits per heavy atom. The van der Waals surface area contributed by atoms with Crippen LogP contribution in [-0.2, 0) is 17.8 Å². The number of anilines is 1. The molecule has 128 valence electrons. The van der Waals surface area contributed by atoms with Crippen molar-refractivity contribution in [2.75, 3.05) is 11.9 Å². The van der Waals surface area contributed by atoms with E-state index in [1.807, 2.05) is 6.07 Å². The largest absolute Gasteiger partial charge is 0.465 e. The highest BCUT2D eigenvalue weighted by molar-refractivity contribution is 7.22. The Balaban J connectivity index is 1.85. The van der Waals surface area contributed by atoms with E-state index in [0.717, 1.165) is 36.2 Å². The van der Waals surface area contributed by atoms with Gasteiger partial charge in [-0.3, -0.25) is 9.78 Å². The van der Waals surface area contributed by atoms with Gasteiger partial charge in [0.1, 0.15) is 15.5 Å². The Bertz CT molecular complexity index is 962. The molecule has 3 aromatic heterocycles. The molecule has 0 unspecified atom stereocenters. The smallest absolute Gasteiger partial charge is 0.407 e. The quantitative estimate of drug-likeness (QED) is 0.717. The summed E-state index contributed by atoms with van der Waals surface area (Å²) in [6.07, 6.45) is 3.14. The highest BCUT2D eigenvalue weighted by atomic mass is 32.1. The summed E-state index contributed by atoms with van der Waals surface area (Å²) in [5, 5.41) is 13.7. The Hall–Kier alpha value is -2.52. The number of nitrogens with one attached hydrogen (secondary N) is 1. The molecule has 0 saturated heterocycles. The molecule has 0 atom stereocenters. The van der Waals surface area contributed by atoms with Crippen LogP contribution in [0.2, 0.25) is 0 Å². The third kappa shape index (κ3) is 2.85. The summed E-state index contributed by atoms with van der Waals surface area (Å²) in [5.74, 6) is -0.155. The number of amides is 2. The number of hydrogen-bond donors (Lipinski definition) is 2. The maximum Gasteiger partial charge on any atom is 0.407 e. The van der Waals surface area contributed by atoms with Crippen molar-refractivity contribution in [1.29, 1.82) is 0 Å². The molecule has 0 radical (unpaired) electrons. The maximum absolute atomic E-state index is 11.6. The number of fused-ring (bicyclic) bond motifs is 2. The zero-order chi connectivity index (χ0) is 17.6. The number of hydrogen-bond acceptors (Lipinski definition) is 6. The summed E-state index contributed by atoms with van der Waals surface area (Å²) < 4.78 is 1.03. The van der Waals surface area contributed by atoms with Crippen LogP contribution in [0.25, 0.3) is 20.8 Å². The zero-order valence-electron chi connectivity index (χ0n) is 13.3. The number of carbonyl (C=O) groups excluding carboxylic acids is 1. The first-order valence-corrected chi connectivity index (χ1v) is 9.27. The van der Waals surface area contributed by atoms with Crippen LogP contribution in [0.15, 0.2) is 18.5 Å². The van der Waals surface area contributed by atoms with Crippen LogP contribution in [0.4, 0.5) is 9.80 Å². The minimum atomic E-state index is -0.923. The molecule has 0 fully saturated rings. The second kappa shape index (κ2) is 6.08. The summed E-state index contributed by atoms with van der Waals surface area (Å²) in [7, 11) is 0. The first kappa shape index (κ1) is 16.0. The van der Waals surface area contributed by atoms with E-state index in [4.69, 9.17) is 0 Å². The van der Waals surface area contributed by atoms with Crippen LogP contribution in [0.1, 0.15) is 17.4 Å². The lowest BCUT2D eigenvalue weighted by atomic mass is 10.0. The van der Waals surface area contributed by atoms with Crippen LogP contribution in [0, 0.1) is 0 Å². The Labute approximate surface area is 151 Å². The zero-order valence-corrected chi connectivity index (χ0v) is 14.9. The van der Waals surface area contributed by atoms with Crippen molar-refractivity contribution in [3.05, 3.63) is 28.9 Å². The molecule has 2 amide bonds. The van der Waals surface area contributed by atoms with Gasteiger partial charge in [-0.15, -0.1) is 22.7 Å². The van der Waals surface area contributed by atoms with Gasteiger partial charge in [0.2, 0.25) is 5.91 Å². The molecular weight excluding hydrogens is 360 g/mol. The van der Waals surface area contributed by atoms with Crippen LogP contribution < -0.4 is 5.32 Å². The molecular formula is C16H14N4O3S2. The molecule has 0 saturated carbocycles. The van der Waals surface area contributed by atoms with Gasteiger partial charge in [-0.1, -0.05) is 0 Å². The number of carbonyl (C=O) groups is 2. The van der Waals surface area contributed by atoms with E-state index >= 15 is 0 Å². The van der Waals surface area contributed by atoms with E-state index in [1.165, 1.54) is 23.2 Å². The molecule has 1 aliphatic heterocycles. The number of thiophene rings is 1. The second-order valence-electron chi connectivity index (χ2n) is 5.71. The van der Waals surface area contributed by atoms with Crippen molar-refractivity contribution in [3.8, 4) is 10.6 Å². The molecule has 9 heteroatoms. The molecule has 0 aromatic carbocycles. The number of aromatic nitrogens is 2. The van der Waals surface area contributed by atoms with Crippen LogP contribution in [0.3, 0.4) is 0 Å². The van der Waals surface area contributed by atoms with Crippen LogP contribution >= 0.6 is 22.7 Å². The van der Waals surface area contributed by atoms with Crippen molar-refractivity contribution in [2.45, 2.75) is 19.9 Å². The van der Waals surface area contributed by atoms with Crippen molar-refractivity contribution in [3.63, 3.8) is 0 Å². The van der Waals surface area contributed by atoms with E-state index in [1.54, 1.807) is 23.7 Å². The summed E-state index contributed by atoms with van der Waals surface area (Å²) in [4.78, 5) is 34.0. The van der Waals surface area contributed by atoms with Crippen molar-refractivity contribution in [2.24, 2.45) is 0 Å². The van der Waals surface area contributed by atoms with Gasteiger partial charge in [-0.05, 0) is 18.1 Å². The first-order valence-electron chi connectivity index (χ1n) is 7.64. The van der Waals surface area contributed by atoms with Gasteiger partial charge in [0, 0.05) is 30.1 Å². The minimum Gasteiger partial charge on any atom is -0.465 e. The predicted molar refractivity (Wildman–Crippen MR) is 97.2 cm³/mol. The van der Waals surface area contributed by atoms with Crippen LogP contribution in [0.5, 0.6) is 0 Å². The number of rotatable bonds is 2. The highest BCUT2D eigenvalue weighted by Crippen LogP contribution is 2.45. The molecule has 4 rings (SSSR count). The van der Waals surface area contributed by atoms with E-state index in [9.17, 15) is 14.7 Å². The lowest BCUT2D eigenvalue weighted by Gasteiger charge is -2.24. The fourth-order valence-electron chi connectivity index (χ4n) is 2.93. The number of nitrogens with zero attached hydrogens (tertiary/aromatic N) is 3. The van der Waals surface area contributed by atoms with Gasteiger partial charge >= 0.3 is 6.09 Å². The normalized spacial score (nSPS) is 13.7. The van der Waals surface area contributed by atoms with Gasteiger partial charge in [0.25, 0.3) is 0 Å². The van der Waals surface area contributed by atoms with Crippen LogP contribution in [-0.4, -0.2) is 38.5 Å². The topological polar surface area (TPSA) is 95.4 Å². The van der Waals surface area contributed by atoms with Gasteiger partial charge in [0.15, 0.2) is 0 Å². The minimum absolute atomic E-state index is 0.155. The predicted octanol–water partition coefficient (Wildman–Crippen LogP) is 3.41. The highest BCUT2D eigenvalue weighted by Gasteiger charge is 2.29. The summed E-state index contributed by atoms with van der Waals surface area (Å²) in [5.41, 5.74) is 2.82. The average Bonchev–Trinajstić information content (AvgIpc) is 3.13. The third-order valence-electron chi connectivity index (χ3n) is 4.02. The SMILES string of the molecule is CC(=O)Nc1sc2c(c1-c1nc3cnccc3s1)CCN(C(=O)O)C2.